The molecule has 8 amide bonds. The number of ketones is 2. The number of nitrogens with zero attached hydrogens (tertiary/aromatic N) is 3. The van der Waals surface area contributed by atoms with Crippen molar-refractivity contribution in [3.63, 3.8) is 0 Å². The van der Waals surface area contributed by atoms with Crippen molar-refractivity contribution < 1.29 is 98.3 Å². The maximum Gasteiger partial charge on any atom is 0.408 e. The molecule has 31 heteroatoms. The maximum absolute atomic E-state index is 14.8. The minimum atomic E-state index is -2.41. The summed E-state index contributed by atoms with van der Waals surface area (Å²) in [6, 6.07) is 12.9. The molecule has 4 aromatic rings. The number of hydrogen-bond donors (Lipinski definition) is 6. The first-order valence-corrected chi connectivity index (χ1v) is 36.1. The highest BCUT2D eigenvalue weighted by Gasteiger charge is 2.44. The number of thiazole rings is 1. The number of primary amides is 1. The first-order valence-electron chi connectivity index (χ1n) is 35.2. The number of amides is 8. The molecule has 10 atom stereocenters. The molecule has 0 radical (unpaired) electrons. The number of anilines is 1. The number of alkyl carbamates (subject to hydrolysis) is 1. The van der Waals surface area contributed by atoms with E-state index in [0.29, 0.717) is 43.5 Å². The Bertz CT molecular complexity index is 3510. The smallest absolute Gasteiger partial charge is 0.408 e. The second-order valence-electron chi connectivity index (χ2n) is 27.4. The van der Waals surface area contributed by atoms with E-state index in [1.54, 1.807) is 75.2 Å². The van der Waals surface area contributed by atoms with E-state index in [1.807, 2.05) is 63.4 Å². The van der Waals surface area contributed by atoms with Crippen molar-refractivity contribution in [3.8, 4) is 5.75 Å². The van der Waals surface area contributed by atoms with Crippen LogP contribution in [0.15, 0.2) is 66.2 Å². The van der Waals surface area contributed by atoms with Gasteiger partial charge < -0.3 is 70.5 Å². The van der Waals surface area contributed by atoms with Crippen LogP contribution in [0.5, 0.6) is 5.75 Å². The second kappa shape index (κ2) is 42.6. The number of ether oxygens (including phenoxy) is 6. The molecule has 0 bridgehead atoms. The van der Waals surface area contributed by atoms with Gasteiger partial charge in [-0.2, -0.15) is 8.78 Å². The van der Waals surface area contributed by atoms with Crippen LogP contribution in [-0.2, 0) is 75.1 Å². The predicted molar refractivity (Wildman–Crippen MR) is 379 cm³/mol. The van der Waals surface area contributed by atoms with E-state index in [0.717, 1.165) is 10.6 Å². The molecular weight excluding hydrogens is 1400 g/mol. The highest BCUT2D eigenvalue weighted by atomic mass is 32.1. The molecule has 580 valence electrons. The third kappa shape index (κ3) is 26.2. The Morgan fingerprint density at radius 2 is 1.40 bits per heavy atom. The number of aromatic nitrogens is 1. The topological polar surface area (TPSA) is 332 Å². The van der Waals surface area contributed by atoms with E-state index in [1.165, 1.54) is 32.3 Å². The molecule has 0 aliphatic carbocycles. The molecule has 7 N–H and O–H groups in total. The SMILES string of the molecule is CC[C@H](C)[C@@H]([C@@H](CC(=O)N1CCC[C@H]1[C@H](OC)[C@@H](C)C(=O)N[C@@H](Cc1ccccc1)c1nccs1)OC)N(C)C(=O)[C@@H](CC(=O)C(C)(C)NC(=O)OCc1ccc(NC(=O)[C@H](CCCNC(N)=O)CC(=O)[C@@H](NC(=O)CCOCCOCCC(=O)Oc2c(F)c(F)c(F)c(F)c2F)C(C)C)cc1)C(C)C. The lowest BCUT2D eigenvalue weighted by atomic mass is 9.83. The number of likely N-dealkylation sites (tertiary alicyclic amines) is 1. The highest BCUT2D eigenvalue weighted by Crippen LogP contribution is 2.34. The Kier molecular flexibility index (Phi) is 35.3. The van der Waals surface area contributed by atoms with Gasteiger partial charge in [0.1, 0.15) is 11.6 Å². The number of urea groups is 1. The van der Waals surface area contributed by atoms with Gasteiger partial charge in [-0.15, -0.1) is 11.3 Å². The van der Waals surface area contributed by atoms with Gasteiger partial charge >= 0.3 is 18.1 Å². The molecule has 25 nitrogen and oxygen atoms in total. The van der Waals surface area contributed by atoms with E-state index in [9.17, 15) is 69.9 Å². The molecule has 1 fully saturated rings. The number of Topliss-reactive ketones (excluding diaryl/α,β-unsaturated/α-hetero) is 2. The lowest BCUT2D eigenvalue weighted by Crippen LogP contribution is -2.55. The van der Waals surface area contributed by atoms with Crippen LogP contribution >= 0.6 is 11.3 Å². The van der Waals surface area contributed by atoms with Gasteiger partial charge in [-0.1, -0.05) is 97.4 Å². The van der Waals surface area contributed by atoms with Crippen molar-refractivity contribution >= 4 is 76.2 Å². The third-order valence-electron chi connectivity index (χ3n) is 18.7. The van der Waals surface area contributed by atoms with Gasteiger partial charge in [-0.3, -0.25) is 38.4 Å². The number of carbonyl (C=O) groups excluding carboxylic acids is 10. The van der Waals surface area contributed by atoms with Crippen molar-refractivity contribution in [3.05, 3.63) is 111 Å². The van der Waals surface area contributed by atoms with Gasteiger partial charge in [-0.25, -0.2) is 27.7 Å². The van der Waals surface area contributed by atoms with Crippen molar-refractivity contribution in [1.29, 1.82) is 0 Å². The Morgan fingerprint density at radius 3 is 1.98 bits per heavy atom. The lowest BCUT2D eigenvalue weighted by molar-refractivity contribution is -0.149. The first-order chi connectivity index (χ1) is 49.7. The van der Waals surface area contributed by atoms with Crippen LogP contribution in [-0.4, -0.2) is 171 Å². The molecular formula is C74H102F5N9O16S. The summed E-state index contributed by atoms with van der Waals surface area (Å²) in [5, 5.41) is 16.4. The van der Waals surface area contributed by atoms with E-state index < -0.39 is 142 Å². The Morgan fingerprint density at radius 1 is 0.762 bits per heavy atom. The number of rotatable bonds is 44. The minimum Gasteiger partial charge on any atom is -0.445 e. The molecule has 1 aromatic heterocycles. The number of benzene rings is 3. The molecule has 5 rings (SSSR count). The van der Waals surface area contributed by atoms with Crippen molar-refractivity contribution in [2.45, 2.75) is 181 Å². The van der Waals surface area contributed by atoms with Crippen molar-refractivity contribution in [2.24, 2.45) is 41.2 Å². The van der Waals surface area contributed by atoms with E-state index >= 15 is 0 Å². The van der Waals surface area contributed by atoms with E-state index in [2.05, 4.69) is 36.3 Å². The first kappa shape index (κ1) is 87.1. The van der Waals surface area contributed by atoms with Crippen LogP contribution in [0, 0.1) is 64.6 Å². The Balaban J connectivity index is 1.11. The zero-order chi connectivity index (χ0) is 77.8. The Hall–Kier alpha value is -8.52. The van der Waals surface area contributed by atoms with Crippen molar-refractivity contribution in [2.75, 3.05) is 66.1 Å². The van der Waals surface area contributed by atoms with Crippen LogP contribution in [0.2, 0.25) is 0 Å². The fourth-order valence-corrected chi connectivity index (χ4v) is 13.1. The summed E-state index contributed by atoms with van der Waals surface area (Å²) in [6.07, 6.45) is 0.738. The molecule has 0 unspecified atom stereocenters. The number of halogens is 5. The summed E-state index contributed by atoms with van der Waals surface area (Å²) < 4.78 is 100. The van der Waals surface area contributed by atoms with Crippen LogP contribution in [0.1, 0.15) is 149 Å². The minimum absolute atomic E-state index is 0.0776. The van der Waals surface area contributed by atoms with Gasteiger partial charge in [0, 0.05) is 82.7 Å². The van der Waals surface area contributed by atoms with Gasteiger partial charge in [0.05, 0.1) is 87.1 Å². The summed E-state index contributed by atoms with van der Waals surface area (Å²) in [6.45, 7) is 15.4. The highest BCUT2D eigenvalue weighted by molar-refractivity contribution is 7.09. The standard InChI is InChI=1S/C74H102F5N9O16S/c1-13-44(6)65(54(99-11)40-57(92)88-31-18-22-52(88)66(100-12)45(7)68(94)84-51(70-81-30-36-105-70)37-46-19-15-14-16-20-46)87(10)71(96)50(42(2)3)39-55(90)74(8,9)86-73(98)103-41-47-23-25-49(26-24-47)83-69(95)48(21-17-29-82-72(80)97)38-53(89)64(43(4)5)85-56(91)27-32-101-34-35-102-33-28-58(93)104-67-62(78)60(76)59(75)61(77)63(67)79/h14-16,19-20,23-26,30,36,42-45,48,50-52,54,64-66H,13,17-18,21-22,27-29,31-35,37-41H2,1-12H3,(H,83,95)(H,84,94)(H,85,91)(H,86,98)(H3,80,82,97)/t44-,45+,48+,50-,51-,52-,54+,64-,65-,66+/m0/s1. The molecule has 1 aliphatic heterocycles. The summed E-state index contributed by atoms with van der Waals surface area (Å²) in [5.41, 5.74) is 5.58. The van der Waals surface area contributed by atoms with E-state index in [-0.39, 0.29) is 114 Å². The number of nitrogens with one attached hydrogen (secondary N) is 5. The molecule has 1 aliphatic rings. The number of nitrogens with two attached hydrogens (primary N) is 1. The van der Waals surface area contributed by atoms with Gasteiger partial charge in [0.2, 0.25) is 64.4 Å². The molecule has 1 saturated heterocycles. The number of likely N-dealkylation sites (N-methyl/N-ethyl adjacent to an activating group) is 1. The Labute approximate surface area is 614 Å². The van der Waals surface area contributed by atoms with E-state index in [4.69, 9.17) is 29.4 Å². The zero-order valence-electron chi connectivity index (χ0n) is 61.8. The normalized spacial score (nSPS) is 15.6. The fourth-order valence-electron chi connectivity index (χ4n) is 12.4. The largest absolute Gasteiger partial charge is 0.445 e. The molecule has 3 aromatic carbocycles. The molecule has 105 heavy (non-hydrogen) atoms. The summed E-state index contributed by atoms with van der Waals surface area (Å²) in [4.78, 5) is 143. The molecule has 2 heterocycles. The summed E-state index contributed by atoms with van der Waals surface area (Å²) in [7, 11) is 4.71. The van der Waals surface area contributed by atoms with Gasteiger partial charge in [0.15, 0.2) is 11.6 Å². The molecule has 0 spiro atoms. The fraction of sp³-hybridized carbons (Fsp3) is 0.581. The average Bonchev–Trinajstić information content (AvgIpc) is 1.80. The quantitative estimate of drug-likeness (QED) is 0.00599. The summed E-state index contributed by atoms with van der Waals surface area (Å²) >= 11 is 1.46. The predicted octanol–water partition coefficient (Wildman–Crippen LogP) is 9.62. The zero-order valence-corrected chi connectivity index (χ0v) is 62.6. The van der Waals surface area contributed by atoms with Crippen LogP contribution in [0.4, 0.5) is 37.2 Å². The number of hydrogen-bond acceptors (Lipinski definition) is 18. The molecule has 0 saturated carbocycles. The van der Waals surface area contributed by atoms with Gasteiger partial charge in [-0.05, 0) is 87.0 Å². The lowest BCUT2D eigenvalue weighted by Gasteiger charge is -2.41. The summed E-state index contributed by atoms with van der Waals surface area (Å²) in [5.74, 6) is -20.9. The third-order valence-corrected chi connectivity index (χ3v) is 19.6. The van der Waals surface area contributed by atoms with Crippen LogP contribution < -0.4 is 37.1 Å². The average molecular weight is 1500 g/mol. The number of methoxy groups -OCH3 is 2. The number of carbonyl (C=O) groups is 10. The second-order valence-corrected chi connectivity index (χ2v) is 28.3. The van der Waals surface area contributed by atoms with Gasteiger partial charge in [0.25, 0.3) is 0 Å². The van der Waals surface area contributed by atoms with Crippen molar-refractivity contribution in [1.82, 2.24) is 36.1 Å². The van der Waals surface area contributed by atoms with Crippen LogP contribution in [0.25, 0.3) is 0 Å². The van der Waals surface area contributed by atoms with Crippen LogP contribution in [0.3, 0.4) is 0 Å². The monoisotopic (exact) mass is 1500 g/mol. The maximum atomic E-state index is 14.8. The number of esters is 1.